The number of rotatable bonds is 3. The zero-order valence-electron chi connectivity index (χ0n) is 23.7. The van der Waals surface area contributed by atoms with Crippen molar-refractivity contribution in [3.8, 4) is 0 Å². The molecule has 0 aromatic carbocycles. The Labute approximate surface area is 214 Å². The first-order valence-corrected chi connectivity index (χ1v) is 14.7. The van der Waals surface area contributed by atoms with Crippen molar-refractivity contribution in [3.63, 3.8) is 0 Å². The lowest BCUT2D eigenvalue weighted by atomic mass is 9.32. The molecule has 5 fully saturated rings. The van der Waals surface area contributed by atoms with E-state index in [0.29, 0.717) is 46.5 Å². The van der Waals surface area contributed by atoms with E-state index in [4.69, 9.17) is 4.74 Å². The molecule has 0 amide bonds. The van der Waals surface area contributed by atoms with Gasteiger partial charge in [-0.15, -0.1) is 0 Å². The van der Waals surface area contributed by atoms with Gasteiger partial charge in [-0.2, -0.15) is 0 Å². The molecular weight excluding hydrogens is 432 g/mol. The maximum atomic E-state index is 11.9. The van der Waals surface area contributed by atoms with Crippen molar-refractivity contribution < 1.29 is 14.6 Å². The van der Waals surface area contributed by atoms with E-state index in [1.54, 1.807) is 6.92 Å². The average Bonchev–Trinajstić information content (AvgIpc) is 3.16. The van der Waals surface area contributed by atoms with Crippen LogP contribution >= 0.6 is 0 Å². The van der Waals surface area contributed by atoms with Gasteiger partial charge < -0.3 is 9.84 Å². The van der Waals surface area contributed by atoms with Crippen molar-refractivity contribution in [2.24, 2.45) is 56.7 Å². The Morgan fingerprint density at radius 3 is 2.20 bits per heavy atom. The molecule has 5 aliphatic rings. The molecule has 5 rings (SSSR count). The molecule has 10 atom stereocenters. The number of aliphatic hydroxyl groups is 1. The lowest BCUT2D eigenvalue weighted by Gasteiger charge is -2.73. The van der Waals surface area contributed by atoms with E-state index >= 15 is 0 Å². The number of ether oxygens (including phenoxy) is 1. The third kappa shape index (κ3) is 3.28. The minimum Gasteiger partial charge on any atom is -0.462 e. The van der Waals surface area contributed by atoms with Gasteiger partial charge in [-0.3, -0.25) is 4.79 Å². The molecule has 0 radical (unpaired) electrons. The van der Waals surface area contributed by atoms with Crippen molar-refractivity contribution in [2.45, 2.75) is 119 Å². The van der Waals surface area contributed by atoms with Gasteiger partial charge in [-0.05, 0) is 122 Å². The van der Waals surface area contributed by atoms with Crippen LogP contribution in [0.3, 0.4) is 0 Å². The van der Waals surface area contributed by atoms with E-state index in [-0.39, 0.29) is 22.9 Å². The van der Waals surface area contributed by atoms with Crippen LogP contribution in [0.4, 0.5) is 0 Å². The predicted molar refractivity (Wildman–Crippen MR) is 142 cm³/mol. The lowest BCUT2D eigenvalue weighted by Crippen LogP contribution is -2.67. The van der Waals surface area contributed by atoms with Crippen LogP contribution in [0, 0.1) is 56.7 Å². The quantitative estimate of drug-likeness (QED) is 0.332. The van der Waals surface area contributed by atoms with E-state index in [9.17, 15) is 9.90 Å². The SMILES string of the molecule is C=C(C)[C@@H]1CC[C@]2(CO)CC[C@]3(C)[C@H](CC[C@H]4[C@@]5(C)CC[C@H](OC(C)=O)C(C)(C)[C@@H]5CC[C@]43C)[C@@H]12. The lowest BCUT2D eigenvalue weighted by molar-refractivity contribution is -0.251. The number of hydrogen-bond acceptors (Lipinski definition) is 3. The monoisotopic (exact) mass is 484 g/mol. The molecule has 0 unspecified atom stereocenters. The van der Waals surface area contributed by atoms with Gasteiger partial charge in [0.25, 0.3) is 0 Å². The number of aliphatic hydroxyl groups excluding tert-OH is 1. The van der Waals surface area contributed by atoms with Crippen molar-refractivity contribution in [2.75, 3.05) is 6.61 Å². The van der Waals surface area contributed by atoms with Gasteiger partial charge in [0.1, 0.15) is 6.10 Å². The Hall–Kier alpha value is -0.830. The van der Waals surface area contributed by atoms with Gasteiger partial charge in [0.05, 0.1) is 0 Å². The minimum absolute atomic E-state index is 0.0207. The van der Waals surface area contributed by atoms with Crippen molar-refractivity contribution in [1.29, 1.82) is 0 Å². The molecule has 198 valence electrons. The zero-order valence-corrected chi connectivity index (χ0v) is 23.7. The highest BCUT2D eigenvalue weighted by molar-refractivity contribution is 5.66. The fourth-order valence-electron chi connectivity index (χ4n) is 11.9. The minimum atomic E-state index is -0.126. The Morgan fingerprint density at radius 2 is 1.57 bits per heavy atom. The smallest absolute Gasteiger partial charge is 0.302 e. The fraction of sp³-hybridized carbons (Fsp3) is 0.906. The summed E-state index contributed by atoms with van der Waals surface area (Å²) in [6.45, 7) is 21.3. The maximum absolute atomic E-state index is 11.9. The van der Waals surface area contributed by atoms with Crippen molar-refractivity contribution in [3.05, 3.63) is 12.2 Å². The van der Waals surface area contributed by atoms with Crippen LogP contribution < -0.4 is 0 Å². The molecule has 35 heavy (non-hydrogen) atoms. The van der Waals surface area contributed by atoms with E-state index in [0.717, 1.165) is 12.3 Å². The van der Waals surface area contributed by atoms with Crippen LogP contribution in [0.1, 0.15) is 113 Å². The Bertz CT molecular complexity index is 891. The Kier molecular flexibility index (Phi) is 5.96. The number of fused-ring (bicyclic) bond motifs is 7. The molecule has 0 aromatic heterocycles. The molecule has 5 aliphatic carbocycles. The van der Waals surface area contributed by atoms with Crippen molar-refractivity contribution >= 4 is 5.97 Å². The molecule has 0 aromatic rings. The Morgan fingerprint density at radius 1 is 0.857 bits per heavy atom. The first-order chi connectivity index (χ1) is 16.3. The summed E-state index contributed by atoms with van der Waals surface area (Å²) in [4.78, 5) is 11.9. The number of carbonyl (C=O) groups is 1. The van der Waals surface area contributed by atoms with Crippen LogP contribution in [0.15, 0.2) is 12.2 Å². The largest absolute Gasteiger partial charge is 0.462 e. The third-order valence-electron chi connectivity index (χ3n) is 13.8. The predicted octanol–water partition coefficient (Wildman–Crippen LogP) is 7.57. The highest BCUT2D eigenvalue weighted by Gasteiger charge is 2.71. The van der Waals surface area contributed by atoms with E-state index in [1.165, 1.54) is 63.4 Å². The summed E-state index contributed by atoms with van der Waals surface area (Å²) in [5.74, 6) is 3.07. The summed E-state index contributed by atoms with van der Waals surface area (Å²) < 4.78 is 5.90. The van der Waals surface area contributed by atoms with Crippen LogP contribution in [0.2, 0.25) is 0 Å². The van der Waals surface area contributed by atoms with Crippen LogP contribution in [-0.2, 0) is 9.53 Å². The summed E-state index contributed by atoms with van der Waals surface area (Å²) in [5.41, 5.74) is 2.45. The second-order valence-electron chi connectivity index (χ2n) is 15.2. The summed E-state index contributed by atoms with van der Waals surface area (Å²) in [6.07, 6.45) is 12.2. The van der Waals surface area contributed by atoms with E-state index in [2.05, 4.69) is 48.1 Å². The number of esters is 1. The zero-order chi connectivity index (χ0) is 25.6. The molecule has 0 saturated heterocycles. The van der Waals surface area contributed by atoms with Crippen molar-refractivity contribution in [1.82, 2.24) is 0 Å². The second kappa shape index (κ2) is 8.08. The molecule has 0 bridgehead atoms. The normalized spacial score (nSPS) is 52.5. The van der Waals surface area contributed by atoms with E-state index in [1.807, 2.05) is 0 Å². The molecule has 0 spiro atoms. The summed E-state index contributed by atoms with van der Waals surface area (Å²) >= 11 is 0. The Balaban J connectivity index is 1.51. The molecule has 0 aliphatic heterocycles. The van der Waals surface area contributed by atoms with E-state index < -0.39 is 0 Å². The molecular formula is C32H52O3. The van der Waals surface area contributed by atoms with Gasteiger partial charge in [0, 0.05) is 18.9 Å². The third-order valence-corrected chi connectivity index (χ3v) is 13.8. The highest BCUT2D eigenvalue weighted by atomic mass is 16.5. The number of hydrogen-bond donors (Lipinski definition) is 1. The van der Waals surface area contributed by atoms with Gasteiger partial charge >= 0.3 is 5.97 Å². The van der Waals surface area contributed by atoms with Crippen LogP contribution in [0.25, 0.3) is 0 Å². The topological polar surface area (TPSA) is 46.5 Å². The summed E-state index contributed by atoms with van der Waals surface area (Å²) in [7, 11) is 0. The van der Waals surface area contributed by atoms with Gasteiger partial charge in [0.2, 0.25) is 0 Å². The maximum Gasteiger partial charge on any atom is 0.302 e. The summed E-state index contributed by atoms with van der Waals surface area (Å²) in [6, 6.07) is 0. The standard InChI is InChI=1S/C32H52O3/c1-20(2)22-11-16-32(19-33)18-17-30(7)23(27(22)32)9-10-25-29(6)14-13-26(35-21(3)34)28(4,5)24(29)12-15-31(25,30)8/h22-27,33H,1,9-19H2,2-8H3/t22-,23+,24-,25-,26-,27+,29-,30+,31+,32+/m0/s1. The first-order valence-electron chi connectivity index (χ1n) is 14.7. The highest BCUT2D eigenvalue weighted by Crippen LogP contribution is 2.77. The second-order valence-corrected chi connectivity index (χ2v) is 15.2. The molecule has 3 nitrogen and oxygen atoms in total. The first kappa shape index (κ1) is 25.8. The van der Waals surface area contributed by atoms with Crippen LogP contribution in [-0.4, -0.2) is 23.8 Å². The molecule has 3 heteroatoms. The molecule has 5 saturated carbocycles. The van der Waals surface area contributed by atoms with Gasteiger partial charge in [0.15, 0.2) is 0 Å². The fourth-order valence-corrected chi connectivity index (χ4v) is 11.9. The molecule has 1 N–H and O–H groups in total. The van der Waals surface area contributed by atoms with Gasteiger partial charge in [-0.1, -0.05) is 46.8 Å². The number of carbonyl (C=O) groups excluding carboxylic acids is 1. The average molecular weight is 485 g/mol. The summed E-state index contributed by atoms with van der Waals surface area (Å²) in [5, 5.41) is 10.7. The van der Waals surface area contributed by atoms with Gasteiger partial charge in [-0.25, -0.2) is 0 Å². The van der Waals surface area contributed by atoms with Crippen LogP contribution in [0.5, 0.6) is 0 Å². The molecule has 0 heterocycles. The number of allylic oxidation sites excluding steroid dienone is 1.